The molecule has 110 valence electrons. The molecular weight excluding hydrogens is 264 g/mol. The third-order valence-electron chi connectivity index (χ3n) is 3.34. The lowest BCUT2D eigenvalue weighted by Gasteiger charge is -2.29. The summed E-state index contributed by atoms with van der Waals surface area (Å²) in [5.74, 6) is 0.233. The maximum Gasteiger partial charge on any atom is 0.404 e. The number of rotatable bonds is 3. The van der Waals surface area contributed by atoms with Gasteiger partial charge in [0.15, 0.2) is 0 Å². The highest BCUT2D eigenvalue weighted by Gasteiger charge is 2.30. The first kappa shape index (κ1) is 16.3. The van der Waals surface area contributed by atoms with E-state index in [1.165, 1.54) is 0 Å². The Labute approximate surface area is 118 Å². The van der Waals surface area contributed by atoms with Crippen LogP contribution in [0.4, 0.5) is 4.79 Å². The number of amides is 1. The Balaban J connectivity index is 2.63. The standard InChI is InChI=1S/C13H24N2O3S/c1-9(15-19(18)13(2,3)4)10-6-5-7-11(8-10)14-12(16)17/h10-11,14H,5-8H2,1-4H3,(H,16,17)/b15-9+/t10-,11+,19+/m1/s1. The summed E-state index contributed by atoms with van der Waals surface area (Å²) in [6.45, 7) is 7.60. The van der Waals surface area contributed by atoms with E-state index in [-0.39, 0.29) is 16.7 Å². The molecule has 0 saturated heterocycles. The minimum atomic E-state index is -1.24. The third-order valence-corrected chi connectivity index (χ3v) is 4.84. The summed E-state index contributed by atoms with van der Waals surface area (Å²) in [7, 11) is 0. The van der Waals surface area contributed by atoms with Crippen LogP contribution in [-0.4, -0.2) is 32.3 Å². The lowest BCUT2D eigenvalue weighted by molar-refractivity contribution is 0.184. The maximum atomic E-state index is 12.0. The van der Waals surface area contributed by atoms with Gasteiger partial charge in [0.25, 0.3) is 0 Å². The van der Waals surface area contributed by atoms with Crippen molar-refractivity contribution in [3.8, 4) is 0 Å². The van der Waals surface area contributed by atoms with Crippen LogP contribution in [0.3, 0.4) is 0 Å². The molecule has 3 atom stereocenters. The number of carbonyl (C=O) groups is 1. The van der Waals surface area contributed by atoms with Crippen LogP contribution in [0.15, 0.2) is 4.40 Å². The van der Waals surface area contributed by atoms with Crippen molar-refractivity contribution < 1.29 is 14.5 Å². The van der Waals surface area contributed by atoms with Crippen molar-refractivity contribution in [1.29, 1.82) is 0 Å². The molecule has 0 aromatic heterocycles. The van der Waals surface area contributed by atoms with Gasteiger partial charge in [-0.2, -0.15) is 0 Å². The summed E-state index contributed by atoms with van der Waals surface area (Å²) < 4.78 is 15.9. The molecule has 1 aliphatic rings. The smallest absolute Gasteiger partial charge is 0.404 e. The summed E-state index contributed by atoms with van der Waals surface area (Å²) in [5, 5.41) is 11.3. The Morgan fingerprint density at radius 2 is 2.05 bits per heavy atom. The molecule has 1 amide bonds. The normalized spacial score (nSPS) is 26.9. The van der Waals surface area contributed by atoms with Crippen molar-refractivity contribution in [3.05, 3.63) is 0 Å². The van der Waals surface area contributed by atoms with Crippen molar-refractivity contribution in [1.82, 2.24) is 5.32 Å². The topological polar surface area (TPSA) is 84.8 Å². The van der Waals surface area contributed by atoms with E-state index in [2.05, 4.69) is 9.71 Å². The van der Waals surface area contributed by atoms with Gasteiger partial charge in [-0.3, -0.25) is 0 Å². The number of hydrogen-bond donors (Lipinski definition) is 2. The summed E-state index contributed by atoms with van der Waals surface area (Å²) in [6, 6.07) is -0.00975. The fourth-order valence-corrected chi connectivity index (χ4v) is 2.90. The number of nitrogens with zero attached hydrogens (tertiary/aromatic N) is 1. The van der Waals surface area contributed by atoms with E-state index in [1.807, 2.05) is 27.7 Å². The SMILES string of the molecule is C/C(=N\[S@@+]([O-])C(C)(C)C)[C@@H]1CCC[C@H](NC(=O)O)C1. The van der Waals surface area contributed by atoms with E-state index in [0.717, 1.165) is 31.4 Å². The van der Waals surface area contributed by atoms with Gasteiger partial charge in [0.05, 0.1) is 5.71 Å². The van der Waals surface area contributed by atoms with Gasteiger partial charge >= 0.3 is 6.09 Å². The summed E-state index contributed by atoms with van der Waals surface area (Å²) in [6.07, 6.45) is 2.62. The minimum absolute atomic E-state index is 0.00975. The van der Waals surface area contributed by atoms with E-state index >= 15 is 0 Å². The first-order chi connectivity index (χ1) is 8.70. The Kier molecular flexibility index (Phi) is 5.67. The first-order valence-electron chi connectivity index (χ1n) is 6.67. The lowest BCUT2D eigenvalue weighted by Crippen LogP contribution is -2.39. The number of nitrogens with one attached hydrogen (secondary N) is 1. The molecule has 0 radical (unpaired) electrons. The zero-order valence-electron chi connectivity index (χ0n) is 12.1. The highest BCUT2D eigenvalue weighted by atomic mass is 32.2. The monoisotopic (exact) mass is 288 g/mol. The second-order valence-electron chi connectivity index (χ2n) is 6.10. The van der Waals surface area contributed by atoms with Gasteiger partial charge in [-0.05, 0) is 47.0 Å². The molecule has 0 heterocycles. The second kappa shape index (κ2) is 6.61. The second-order valence-corrected chi connectivity index (χ2v) is 8.01. The number of hydrogen-bond acceptors (Lipinski definition) is 3. The molecule has 0 aromatic rings. The largest absolute Gasteiger partial charge is 0.591 e. The molecule has 6 heteroatoms. The van der Waals surface area contributed by atoms with Gasteiger partial charge in [-0.15, -0.1) is 0 Å². The molecule has 1 saturated carbocycles. The Hall–Kier alpha value is -0.750. The fourth-order valence-electron chi connectivity index (χ4n) is 2.22. The van der Waals surface area contributed by atoms with E-state index in [9.17, 15) is 9.35 Å². The van der Waals surface area contributed by atoms with Gasteiger partial charge in [-0.25, -0.2) is 4.79 Å². The average molecular weight is 288 g/mol. The average Bonchev–Trinajstić information content (AvgIpc) is 2.27. The highest BCUT2D eigenvalue weighted by Crippen LogP contribution is 2.27. The molecule has 1 rings (SSSR count). The van der Waals surface area contributed by atoms with Crippen LogP contribution in [0.1, 0.15) is 53.4 Å². The van der Waals surface area contributed by atoms with Crippen molar-refractivity contribution >= 4 is 23.2 Å². The lowest BCUT2D eigenvalue weighted by atomic mass is 9.83. The molecule has 1 fully saturated rings. The van der Waals surface area contributed by atoms with Gasteiger partial charge in [-0.1, -0.05) is 10.8 Å². The van der Waals surface area contributed by atoms with Crippen LogP contribution < -0.4 is 5.32 Å². The number of carboxylic acid groups (broad SMARTS) is 1. The Morgan fingerprint density at radius 1 is 1.42 bits per heavy atom. The van der Waals surface area contributed by atoms with E-state index in [4.69, 9.17) is 5.11 Å². The van der Waals surface area contributed by atoms with E-state index < -0.39 is 17.5 Å². The molecule has 0 spiro atoms. The summed E-state index contributed by atoms with van der Waals surface area (Å²) in [5.41, 5.74) is 0.880. The van der Waals surface area contributed by atoms with Gasteiger partial charge < -0.3 is 15.0 Å². The van der Waals surface area contributed by atoms with Crippen LogP contribution >= 0.6 is 0 Å². The van der Waals surface area contributed by atoms with Gasteiger partial charge in [0.1, 0.15) is 16.1 Å². The Morgan fingerprint density at radius 3 is 2.58 bits per heavy atom. The van der Waals surface area contributed by atoms with Crippen molar-refractivity contribution in [2.24, 2.45) is 10.3 Å². The van der Waals surface area contributed by atoms with Crippen molar-refractivity contribution in [2.45, 2.75) is 64.2 Å². The molecule has 19 heavy (non-hydrogen) atoms. The van der Waals surface area contributed by atoms with Crippen LogP contribution in [0, 0.1) is 5.92 Å². The molecule has 0 unspecified atom stereocenters. The molecule has 5 nitrogen and oxygen atoms in total. The maximum absolute atomic E-state index is 12.0. The first-order valence-corrected chi connectivity index (χ1v) is 7.77. The fraction of sp³-hybridized carbons (Fsp3) is 0.846. The van der Waals surface area contributed by atoms with Crippen LogP contribution in [-0.2, 0) is 11.4 Å². The highest BCUT2D eigenvalue weighted by molar-refractivity contribution is 7.91. The zero-order valence-corrected chi connectivity index (χ0v) is 12.9. The predicted octanol–water partition coefficient (Wildman–Crippen LogP) is 2.74. The summed E-state index contributed by atoms with van der Waals surface area (Å²) in [4.78, 5) is 10.7. The van der Waals surface area contributed by atoms with Crippen molar-refractivity contribution in [3.63, 3.8) is 0 Å². The molecule has 0 bridgehead atoms. The third kappa shape index (κ3) is 5.40. The van der Waals surface area contributed by atoms with Crippen LogP contribution in [0.2, 0.25) is 0 Å². The predicted molar refractivity (Wildman–Crippen MR) is 77.9 cm³/mol. The van der Waals surface area contributed by atoms with Crippen LogP contribution in [0.5, 0.6) is 0 Å². The van der Waals surface area contributed by atoms with Crippen LogP contribution in [0.25, 0.3) is 0 Å². The van der Waals surface area contributed by atoms with E-state index in [1.54, 1.807) is 0 Å². The molecule has 0 aliphatic heterocycles. The minimum Gasteiger partial charge on any atom is -0.591 e. The van der Waals surface area contributed by atoms with Crippen molar-refractivity contribution in [2.75, 3.05) is 0 Å². The molecule has 1 aliphatic carbocycles. The zero-order chi connectivity index (χ0) is 14.6. The van der Waals surface area contributed by atoms with Gasteiger partial charge in [0, 0.05) is 12.0 Å². The molecule has 2 N–H and O–H groups in total. The molecule has 0 aromatic carbocycles. The quantitative estimate of drug-likeness (QED) is 0.618. The Bertz CT molecular complexity index is 352. The van der Waals surface area contributed by atoms with Gasteiger partial charge in [0.2, 0.25) is 0 Å². The van der Waals surface area contributed by atoms with E-state index in [0.29, 0.717) is 0 Å². The summed E-state index contributed by atoms with van der Waals surface area (Å²) >= 11 is -1.24. The molecular formula is C13H24N2O3S.